The Bertz CT molecular complexity index is 431. The van der Waals surface area contributed by atoms with Crippen molar-refractivity contribution in [1.29, 1.82) is 5.26 Å². The molecular weight excluding hydrogens is 178 g/mol. The molecule has 3 nitrogen and oxygen atoms in total. The molecule has 1 aliphatic heterocycles. The predicted molar refractivity (Wildman–Crippen MR) is 50.2 cm³/mol. The molecule has 1 aromatic rings. The van der Waals surface area contributed by atoms with Gasteiger partial charge >= 0.3 is 0 Å². The lowest BCUT2D eigenvalue weighted by molar-refractivity contribution is 0.0871. The van der Waals surface area contributed by atoms with Gasteiger partial charge in [-0.15, -0.1) is 0 Å². The van der Waals surface area contributed by atoms with Gasteiger partial charge in [-0.2, -0.15) is 5.26 Å². The van der Waals surface area contributed by atoms with Crippen LogP contribution < -0.4 is 4.74 Å². The summed E-state index contributed by atoms with van der Waals surface area (Å²) >= 11 is 0. The van der Waals surface area contributed by atoms with Crippen LogP contribution in [0.15, 0.2) is 18.2 Å². The van der Waals surface area contributed by atoms with Crippen molar-refractivity contribution in [3.8, 4) is 11.8 Å². The van der Waals surface area contributed by atoms with E-state index >= 15 is 0 Å². The van der Waals surface area contributed by atoms with E-state index in [1.54, 1.807) is 18.2 Å². The number of ketones is 1. The van der Waals surface area contributed by atoms with Gasteiger partial charge in [0.1, 0.15) is 11.9 Å². The fourth-order valence-corrected chi connectivity index (χ4v) is 1.55. The maximum Gasteiger partial charge on any atom is 0.170 e. The zero-order valence-corrected chi connectivity index (χ0v) is 7.78. The number of hydrogen-bond donors (Lipinski definition) is 0. The summed E-state index contributed by atoms with van der Waals surface area (Å²) in [5.41, 5.74) is 1.03. The minimum absolute atomic E-state index is 0.0517. The summed E-state index contributed by atoms with van der Waals surface area (Å²) in [5, 5.41) is 8.68. The second kappa shape index (κ2) is 3.15. The molecule has 0 spiro atoms. The molecule has 0 N–H and O–H groups in total. The Labute approximate surface area is 81.9 Å². The topological polar surface area (TPSA) is 50.1 Å². The third-order valence-corrected chi connectivity index (χ3v) is 2.21. The van der Waals surface area contributed by atoms with Crippen LogP contribution in [0.3, 0.4) is 0 Å². The lowest BCUT2D eigenvalue weighted by Crippen LogP contribution is -2.23. The van der Waals surface area contributed by atoms with Crippen molar-refractivity contribution < 1.29 is 9.53 Å². The van der Waals surface area contributed by atoms with Gasteiger partial charge in [-0.1, -0.05) is 0 Å². The summed E-state index contributed by atoms with van der Waals surface area (Å²) in [5.74, 6) is 0.642. The second-order valence-electron chi connectivity index (χ2n) is 3.38. The highest BCUT2D eigenvalue weighted by Crippen LogP contribution is 2.27. The van der Waals surface area contributed by atoms with Crippen LogP contribution in [0.4, 0.5) is 0 Å². The van der Waals surface area contributed by atoms with Crippen LogP contribution in [0.1, 0.15) is 29.3 Å². The van der Waals surface area contributed by atoms with Crippen molar-refractivity contribution in [2.24, 2.45) is 0 Å². The zero-order chi connectivity index (χ0) is 10.1. The van der Waals surface area contributed by atoms with Crippen LogP contribution in [0.5, 0.6) is 5.75 Å². The molecule has 1 atom stereocenters. The van der Waals surface area contributed by atoms with Gasteiger partial charge in [-0.3, -0.25) is 4.79 Å². The lowest BCUT2D eigenvalue weighted by Gasteiger charge is -2.21. The number of rotatable bonds is 0. The number of carbonyl (C=O) groups excluding carboxylic acids is 1. The van der Waals surface area contributed by atoms with Crippen LogP contribution in [-0.4, -0.2) is 11.9 Å². The van der Waals surface area contributed by atoms with Gasteiger partial charge in [-0.25, -0.2) is 0 Å². The number of Topliss-reactive ketones (excluding diaryl/α,β-unsaturated/α-hetero) is 1. The Kier molecular flexibility index (Phi) is 1.97. The summed E-state index contributed by atoms with van der Waals surface area (Å²) in [7, 11) is 0. The first-order chi connectivity index (χ1) is 6.70. The number of carbonyl (C=O) groups is 1. The number of benzene rings is 1. The van der Waals surface area contributed by atoms with Crippen molar-refractivity contribution >= 4 is 5.78 Å². The first kappa shape index (κ1) is 8.76. The maximum atomic E-state index is 11.6. The van der Waals surface area contributed by atoms with Gasteiger partial charge in [0, 0.05) is 6.42 Å². The molecule has 1 heterocycles. The highest BCUT2D eigenvalue weighted by atomic mass is 16.5. The molecule has 3 heteroatoms. The molecule has 70 valence electrons. The zero-order valence-electron chi connectivity index (χ0n) is 7.78. The van der Waals surface area contributed by atoms with Gasteiger partial charge in [0.15, 0.2) is 5.78 Å². The molecule has 1 unspecified atom stereocenters. The van der Waals surface area contributed by atoms with E-state index in [0.717, 1.165) is 0 Å². The third-order valence-electron chi connectivity index (χ3n) is 2.21. The molecule has 0 aromatic heterocycles. The number of ether oxygens (including phenoxy) is 1. The van der Waals surface area contributed by atoms with Gasteiger partial charge < -0.3 is 4.74 Å². The average Bonchev–Trinajstić information content (AvgIpc) is 2.17. The number of hydrogen-bond acceptors (Lipinski definition) is 3. The summed E-state index contributed by atoms with van der Waals surface area (Å²) in [6.07, 6.45) is 0.324. The number of nitrogens with zero attached hydrogens (tertiary/aromatic N) is 1. The summed E-state index contributed by atoms with van der Waals surface area (Å²) < 4.78 is 5.47. The van der Waals surface area contributed by atoms with Crippen molar-refractivity contribution in [3.63, 3.8) is 0 Å². The highest BCUT2D eigenvalue weighted by molar-refractivity contribution is 6.00. The van der Waals surface area contributed by atoms with E-state index in [-0.39, 0.29) is 11.9 Å². The molecular formula is C11H9NO2. The Hall–Kier alpha value is -1.82. The Morgan fingerprint density at radius 3 is 3.07 bits per heavy atom. The first-order valence-electron chi connectivity index (χ1n) is 4.44. The van der Waals surface area contributed by atoms with E-state index in [1.807, 2.05) is 13.0 Å². The van der Waals surface area contributed by atoms with Gasteiger partial charge in [0.2, 0.25) is 0 Å². The first-order valence-corrected chi connectivity index (χ1v) is 4.44. The minimum Gasteiger partial charge on any atom is -0.489 e. The van der Waals surface area contributed by atoms with E-state index in [1.165, 1.54) is 0 Å². The molecule has 1 aromatic carbocycles. The molecule has 0 bridgehead atoms. The van der Waals surface area contributed by atoms with E-state index in [2.05, 4.69) is 0 Å². The fourth-order valence-electron chi connectivity index (χ4n) is 1.55. The van der Waals surface area contributed by atoms with Gasteiger partial charge in [0.25, 0.3) is 0 Å². The molecule has 0 radical (unpaired) electrons. The molecule has 14 heavy (non-hydrogen) atoms. The van der Waals surface area contributed by atoms with Crippen molar-refractivity contribution in [3.05, 3.63) is 29.3 Å². The second-order valence-corrected chi connectivity index (χ2v) is 3.38. The molecule has 0 fully saturated rings. The average molecular weight is 187 g/mol. The van der Waals surface area contributed by atoms with Crippen LogP contribution >= 0.6 is 0 Å². The number of nitriles is 1. The highest BCUT2D eigenvalue weighted by Gasteiger charge is 2.23. The van der Waals surface area contributed by atoms with Crippen LogP contribution in [0, 0.1) is 11.3 Å². The minimum atomic E-state index is -0.0667. The van der Waals surface area contributed by atoms with Gasteiger partial charge in [0.05, 0.1) is 17.2 Å². The molecule has 1 aliphatic rings. The van der Waals surface area contributed by atoms with E-state index in [9.17, 15) is 4.79 Å². The van der Waals surface area contributed by atoms with E-state index < -0.39 is 0 Å². The molecule has 0 saturated carbocycles. The molecule has 2 rings (SSSR count). The smallest absolute Gasteiger partial charge is 0.170 e. The SMILES string of the molecule is CC1CC(=O)c2cc(C#N)ccc2O1. The normalized spacial score (nSPS) is 19.4. The monoisotopic (exact) mass is 187 g/mol. The third kappa shape index (κ3) is 1.35. The van der Waals surface area contributed by atoms with Crippen LogP contribution in [0.2, 0.25) is 0 Å². The van der Waals surface area contributed by atoms with E-state index in [0.29, 0.717) is 23.3 Å². The van der Waals surface area contributed by atoms with Crippen molar-refractivity contribution in [2.75, 3.05) is 0 Å². The Morgan fingerprint density at radius 2 is 2.36 bits per heavy atom. The summed E-state index contributed by atoms with van der Waals surface area (Å²) in [6.45, 7) is 1.86. The lowest BCUT2D eigenvalue weighted by atomic mass is 9.99. The standard InChI is InChI=1S/C11H9NO2/c1-7-4-10(13)9-5-8(6-12)2-3-11(9)14-7/h2-3,5,7H,4H2,1H3. The number of fused-ring (bicyclic) bond motifs is 1. The van der Waals surface area contributed by atoms with Gasteiger partial charge in [-0.05, 0) is 25.1 Å². The van der Waals surface area contributed by atoms with Crippen molar-refractivity contribution in [1.82, 2.24) is 0 Å². The van der Waals surface area contributed by atoms with Crippen molar-refractivity contribution in [2.45, 2.75) is 19.4 Å². The maximum absolute atomic E-state index is 11.6. The molecule has 0 amide bonds. The molecule has 0 saturated heterocycles. The quantitative estimate of drug-likeness (QED) is 0.623. The van der Waals surface area contributed by atoms with Crippen LogP contribution in [-0.2, 0) is 0 Å². The van der Waals surface area contributed by atoms with Crippen LogP contribution in [0.25, 0.3) is 0 Å². The predicted octanol–water partition coefficient (Wildman–Crippen LogP) is 1.91. The summed E-state index contributed by atoms with van der Waals surface area (Å²) in [6, 6.07) is 6.93. The molecule has 0 aliphatic carbocycles. The largest absolute Gasteiger partial charge is 0.489 e. The Morgan fingerprint density at radius 1 is 1.57 bits per heavy atom. The summed E-state index contributed by atoms with van der Waals surface area (Å²) in [4.78, 5) is 11.6. The Balaban J connectivity index is 2.51. The fraction of sp³-hybridized carbons (Fsp3) is 0.273. The van der Waals surface area contributed by atoms with E-state index in [4.69, 9.17) is 10.00 Å².